The van der Waals surface area contributed by atoms with Crippen molar-refractivity contribution in [3.8, 4) is 0 Å². The SMILES string of the molecule is O=C(c1ncccc1[N+](=O)[O-])c1ncccc1[N+](=O)[O-]. The molecule has 0 fully saturated rings. The minimum absolute atomic E-state index is 0.487. The lowest BCUT2D eigenvalue weighted by atomic mass is 10.1. The van der Waals surface area contributed by atoms with Gasteiger partial charge in [0.1, 0.15) is 0 Å². The summed E-state index contributed by atoms with van der Waals surface area (Å²) in [4.78, 5) is 39.5. The molecule has 9 heteroatoms. The maximum absolute atomic E-state index is 12.2. The number of ketones is 1. The van der Waals surface area contributed by atoms with Crippen molar-refractivity contribution in [1.82, 2.24) is 9.97 Å². The van der Waals surface area contributed by atoms with E-state index < -0.39 is 38.4 Å². The molecule has 0 atom stereocenters. The average molecular weight is 274 g/mol. The van der Waals surface area contributed by atoms with Crippen LogP contribution in [0.15, 0.2) is 36.7 Å². The van der Waals surface area contributed by atoms with Gasteiger partial charge in [0.05, 0.1) is 9.85 Å². The fourth-order valence-corrected chi connectivity index (χ4v) is 1.55. The number of rotatable bonds is 4. The van der Waals surface area contributed by atoms with Gasteiger partial charge in [-0.3, -0.25) is 25.0 Å². The second-order valence-corrected chi connectivity index (χ2v) is 3.59. The van der Waals surface area contributed by atoms with Crippen molar-refractivity contribution in [3.63, 3.8) is 0 Å². The second kappa shape index (κ2) is 5.18. The molecule has 0 saturated carbocycles. The van der Waals surface area contributed by atoms with Crippen LogP contribution in [0.2, 0.25) is 0 Å². The van der Waals surface area contributed by atoms with Gasteiger partial charge in [0.15, 0.2) is 11.4 Å². The van der Waals surface area contributed by atoms with Crippen LogP contribution in [0.1, 0.15) is 16.2 Å². The van der Waals surface area contributed by atoms with Gasteiger partial charge >= 0.3 is 0 Å². The molecule has 9 nitrogen and oxygen atoms in total. The molecule has 0 aliphatic heterocycles. The predicted molar refractivity (Wildman–Crippen MR) is 65.2 cm³/mol. The standard InChI is InChI=1S/C11H6N4O5/c16-11(9-7(14(17)18)3-1-5-12-9)10-8(15(19)20)4-2-6-13-10/h1-6H. The smallest absolute Gasteiger partial charge is 0.285 e. The van der Waals surface area contributed by atoms with Gasteiger partial charge < -0.3 is 0 Å². The number of pyridine rings is 2. The van der Waals surface area contributed by atoms with Crippen LogP contribution >= 0.6 is 0 Å². The van der Waals surface area contributed by atoms with Crippen LogP contribution < -0.4 is 0 Å². The summed E-state index contributed by atoms with van der Waals surface area (Å²) in [5.41, 5.74) is -2.03. The van der Waals surface area contributed by atoms with E-state index in [1.165, 1.54) is 24.5 Å². The van der Waals surface area contributed by atoms with E-state index in [1.54, 1.807) is 0 Å². The third kappa shape index (κ3) is 2.32. The van der Waals surface area contributed by atoms with Crippen molar-refractivity contribution in [3.05, 3.63) is 68.3 Å². The number of nitro groups is 2. The summed E-state index contributed by atoms with van der Waals surface area (Å²) in [7, 11) is 0. The van der Waals surface area contributed by atoms with Gasteiger partial charge in [-0.2, -0.15) is 0 Å². The summed E-state index contributed by atoms with van der Waals surface area (Å²) in [5, 5.41) is 21.7. The maximum Gasteiger partial charge on any atom is 0.299 e. The molecule has 0 radical (unpaired) electrons. The van der Waals surface area contributed by atoms with Crippen LogP contribution in [0.4, 0.5) is 11.4 Å². The summed E-state index contributed by atoms with van der Waals surface area (Å²) < 4.78 is 0. The molecule has 0 unspecified atom stereocenters. The van der Waals surface area contributed by atoms with Crippen molar-refractivity contribution in [2.45, 2.75) is 0 Å². The normalized spacial score (nSPS) is 10.0. The van der Waals surface area contributed by atoms with Crippen molar-refractivity contribution >= 4 is 17.2 Å². The minimum atomic E-state index is -0.968. The van der Waals surface area contributed by atoms with Crippen molar-refractivity contribution in [2.24, 2.45) is 0 Å². The molecule has 0 amide bonds. The molecule has 0 aromatic carbocycles. The molecule has 2 rings (SSSR count). The summed E-state index contributed by atoms with van der Waals surface area (Å²) >= 11 is 0. The van der Waals surface area contributed by atoms with E-state index >= 15 is 0 Å². The molecule has 2 heterocycles. The average Bonchev–Trinajstić information content (AvgIpc) is 2.46. The first-order chi connectivity index (χ1) is 9.52. The molecule has 0 spiro atoms. The van der Waals surface area contributed by atoms with Crippen LogP contribution in [0.25, 0.3) is 0 Å². The first-order valence-electron chi connectivity index (χ1n) is 5.26. The number of aromatic nitrogens is 2. The highest BCUT2D eigenvalue weighted by molar-refractivity contribution is 6.11. The van der Waals surface area contributed by atoms with Crippen molar-refractivity contribution < 1.29 is 14.6 Å². The minimum Gasteiger partial charge on any atom is -0.285 e. The summed E-state index contributed by atoms with van der Waals surface area (Å²) in [6, 6.07) is 4.77. The largest absolute Gasteiger partial charge is 0.299 e. The van der Waals surface area contributed by atoms with Crippen LogP contribution in [0, 0.1) is 20.2 Å². The van der Waals surface area contributed by atoms with Crippen molar-refractivity contribution in [1.29, 1.82) is 0 Å². The Balaban J connectivity index is 2.59. The fourth-order valence-electron chi connectivity index (χ4n) is 1.55. The van der Waals surface area contributed by atoms with Gasteiger partial charge in [0, 0.05) is 24.5 Å². The first-order valence-corrected chi connectivity index (χ1v) is 5.26. The maximum atomic E-state index is 12.2. The molecule has 0 bridgehead atoms. The molecule has 20 heavy (non-hydrogen) atoms. The van der Waals surface area contributed by atoms with Crippen LogP contribution in [-0.4, -0.2) is 25.6 Å². The van der Waals surface area contributed by atoms with Crippen LogP contribution in [-0.2, 0) is 0 Å². The number of carbonyl (C=O) groups is 1. The fraction of sp³-hybridized carbons (Fsp3) is 0. The van der Waals surface area contributed by atoms with E-state index in [4.69, 9.17) is 0 Å². The second-order valence-electron chi connectivity index (χ2n) is 3.59. The lowest BCUT2D eigenvalue weighted by Crippen LogP contribution is -2.11. The molecular formula is C11H6N4O5. The van der Waals surface area contributed by atoms with Gasteiger partial charge in [-0.15, -0.1) is 0 Å². The zero-order chi connectivity index (χ0) is 14.7. The van der Waals surface area contributed by atoms with E-state index in [2.05, 4.69) is 9.97 Å². The molecule has 0 aliphatic carbocycles. The monoisotopic (exact) mass is 274 g/mol. The Hall–Kier alpha value is -3.23. The molecule has 0 N–H and O–H groups in total. The summed E-state index contributed by atoms with van der Waals surface area (Å²) in [6.45, 7) is 0. The molecular weight excluding hydrogens is 268 g/mol. The number of hydrogen-bond donors (Lipinski definition) is 0. The third-order valence-corrected chi connectivity index (χ3v) is 2.40. The van der Waals surface area contributed by atoms with E-state index in [0.29, 0.717) is 0 Å². The number of hydrogen-bond acceptors (Lipinski definition) is 7. The first kappa shape index (κ1) is 13.2. The van der Waals surface area contributed by atoms with Gasteiger partial charge in [0.2, 0.25) is 5.78 Å². The number of carbonyl (C=O) groups excluding carboxylic acids is 1. The van der Waals surface area contributed by atoms with Crippen molar-refractivity contribution in [2.75, 3.05) is 0 Å². The highest BCUT2D eigenvalue weighted by Crippen LogP contribution is 2.23. The lowest BCUT2D eigenvalue weighted by molar-refractivity contribution is -0.385. The Morgan fingerprint density at radius 1 is 0.900 bits per heavy atom. The van der Waals surface area contributed by atoms with E-state index in [-0.39, 0.29) is 0 Å². The Morgan fingerprint density at radius 2 is 1.30 bits per heavy atom. The number of nitrogens with zero attached hydrogens (tertiary/aromatic N) is 4. The summed E-state index contributed by atoms with van der Waals surface area (Å²) in [5.74, 6) is -0.968. The van der Waals surface area contributed by atoms with E-state index in [1.807, 2.05) is 0 Å². The highest BCUT2D eigenvalue weighted by Gasteiger charge is 2.29. The Kier molecular flexibility index (Phi) is 3.42. The quantitative estimate of drug-likeness (QED) is 0.469. The Labute approximate surface area is 111 Å². The predicted octanol–water partition coefficient (Wildman–Crippen LogP) is 1.52. The van der Waals surface area contributed by atoms with Crippen LogP contribution in [0.3, 0.4) is 0 Å². The molecule has 0 saturated heterocycles. The van der Waals surface area contributed by atoms with Gasteiger partial charge in [-0.05, 0) is 12.1 Å². The molecule has 100 valence electrons. The Bertz CT molecular complexity index is 656. The topological polar surface area (TPSA) is 129 Å². The van der Waals surface area contributed by atoms with E-state index in [0.717, 1.165) is 12.1 Å². The zero-order valence-corrected chi connectivity index (χ0v) is 9.79. The zero-order valence-electron chi connectivity index (χ0n) is 9.79. The molecule has 2 aromatic rings. The molecule has 2 aromatic heterocycles. The van der Waals surface area contributed by atoms with Gasteiger partial charge in [0.25, 0.3) is 11.4 Å². The van der Waals surface area contributed by atoms with Gasteiger partial charge in [-0.1, -0.05) is 0 Å². The lowest BCUT2D eigenvalue weighted by Gasteiger charge is -2.01. The van der Waals surface area contributed by atoms with Gasteiger partial charge in [-0.25, -0.2) is 9.97 Å². The van der Waals surface area contributed by atoms with Crippen LogP contribution in [0.5, 0.6) is 0 Å². The van der Waals surface area contributed by atoms with E-state index in [9.17, 15) is 25.0 Å². The third-order valence-electron chi connectivity index (χ3n) is 2.40. The Morgan fingerprint density at radius 3 is 1.65 bits per heavy atom. The highest BCUT2D eigenvalue weighted by atomic mass is 16.6. The summed E-state index contributed by atoms with van der Waals surface area (Å²) in [6.07, 6.45) is 2.38. The molecule has 0 aliphatic rings.